The number of fused-ring (bicyclic) bond motifs is 2. The van der Waals surface area contributed by atoms with Crippen LogP contribution in [0.1, 0.15) is 33.6 Å². The maximum Gasteiger partial charge on any atom is 0.119 e. The molecule has 0 bridgehead atoms. The lowest BCUT2D eigenvalue weighted by Gasteiger charge is -2.22. The maximum atomic E-state index is 5.53. The molecule has 0 amide bonds. The zero-order valence-corrected chi connectivity index (χ0v) is 21.6. The van der Waals surface area contributed by atoms with E-state index in [1.807, 2.05) is 24.3 Å². The van der Waals surface area contributed by atoms with E-state index >= 15 is 0 Å². The molecule has 3 aromatic carbocycles. The minimum atomic E-state index is 0.340. The van der Waals surface area contributed by atoms with Crippen LogP contribution < -0.4 is 14.8 Å². The summed E-state index contributed by atoms with van der Waals surface area (Å²) in [6, 6.07) is 21.1. The van der Waals surface area contributed by atoms with Crippen LogP contribution in [0.3, 0.4) is 0 Å². The van der Waals surface area contributed by atoms with Crippen molar-refractivity contribution < 1.29 is 9.47 Å². The molecular formula is C30H37N3O2. The van der Waals surface area contributed by atoms with E-state index in [1.165, 1.54) is 6.42 Å². The van der Waals surface area contributed by atoms with Crippen molar-refractivity contribution >= 4 is 27.5 Å². The maximum absolute atomic E-state index is 5.53. The summed E-state index contributed by atoms with van der Waals surface area (Å²) < 4.78 is 10.8. The number of anilines is 1. The Hall–Kier alpha value is -3.31. The first-order chi connectivity index (χ1) is 17.1. The predicted octanol–water partition coefficient (Wildman–Crippen LogP) is 6.99. The third kappa shape index (κ3) is 5.68. The Kier molecular flexibility index (Phi) is 8.09. The molecule has 184 valence electrons. The lowest BCUT2D eigenvalue weighted by molar-refractivity contribution is 0.295. The van der Waals surface area contributed by atoms with Gasteiger partial charge in [0.2, 0.25) is 0 Å². The summed E-state index contributed by atoms with van der Waals surface area (Å²) in [5.41, 5.74) is 5.35. The van der Waals surface area contributed by atoms with Crippen LogP contribution in [0, 0.1) is 0 Å². The predicted molar refractivity (Wildman–Crippen MR) is 148 cm³/mol. The fourth-order valence-electron chi connectivity index (χ4n) is 4.65. The van der Waals surface area contributed by atoms with Crippen molar-refractivity contribution in [3.8, 4) is 22.6 Å². The second-order valence-electron chi connectivity index (χ2n) is 9.04. The van der Waals surface area contributed by atoms with Gasteiger partial charge in [-0.15, -0.1) is 0 Å². The second-order valence-corrected chi connectivity index (χ2v) is 9.04. The fraction of sp³-hybridized carbons (Fsp3) is 0.367. The molecular weight excluding hydrogens is 434 g/mol. The second kappa shape index (κ2) is 11.4. The van der Waals surface area contributed by atoms with Gasteiger partial charge in [0.15, 0.2) is 0 Å². The van der Waals surface area contributed by atoms with Gasteiger partial charge in [0, 0.05) is 16.8 Å². The Balaban J connectivity index is 1.70. The lowest BCUT2D eigenvalue weighted by atomic mass is 10.0. The van der Waals surface area contributed by atoms with Gasteiger partial charge in [-0.05, 0) is 86.9 Å². The molecule has 5 heteroatoms. The Morgan fingerprint density at radius 2 is 1.49 bits per heavy atom. The van der Waals surface area contributed by atoms with E-state index in [2.05, 4.69) is 67.4 Å². The molecule has 4 rings (SSSR count). The monoisotopic (exact) mass is 471 g/mol. The van der Waals surface area contributed by atoms with Gasteiger partial charge >= 0.3 is 0 Å². The van der Waals surface area contributed by atoms with Gasteiger partial charge < -0.3 is 19.7 Å². The summed E-state index contributed by atoms with van der Waals surface area (Å²) in [5.74, 6) is 1.69. The third-order valence-electron chi connectivity index (χ3n) is 6.80. The van der Waals surface area contributed by atoms with Crippen molar-refractivity contribution in [2.24, 2.45) is 0 Å². The topological polar surface area (TPSA) is 46.6 Å². The van der Waals surface area contributed by atoms with Crippen LogP contribution >= 0.6 is 0 Å². The molecule has 1 N–H and O–H groups in total. The summed E-state index contributed by atoms with van der Waals surface area (Å²) in [5, 5.41) is 6.04. The molecule has 1 atom stereocenters. The van der Waals surface area contributed by atoms with Crippen LogP contribution in [0.25, 0.3) is 32.9 Å². The van der Waals surface area contributed by atoms with Gasteiger partial charge in [-0.2, -0.15) is 0 Å². The van der Waals surface area contributed by atoms with E-state index in [4.69, 9.17) is 14.5 Å². The molecule has 0 aliphatic heterocycles. The number of rotatable bonds is 11. The van der Waals surface area contributed by atoms with Gasteiger partial charge in [0.25, 0.3) is 0 Å². The molecule has 0 spiro atoms. The summed E-state index contributed by atoms with van der Waals surface area (Å²) in [4.78, 5) is 7.50. The number of ether oxygens (including phenoxy) is 2. The fourth-order valence-corrected chi connectivity index (χ4v) is 4.65. The number of nitrogens with zero attached hydrogens (tertiary/aromatic N) is 2. The highest BCUT2D eigenvalue weighted by Gasteiger charge is 2.14. The largest absolute Gasteiger partial charge is 0.497 e. The molecule has 0 saturated carbocycles. The van der Waals surface area contributed by atoms with Gasteiger partial charge in [0.05, 0.1) is 30.9 Å². The average molecular weight is 472 g/mol. The molecule has 0 aliphatic rings. The quantitative estimate of drug-likeness (QED) is 0.239. The van der Waals surface area contributed by atoms with Gasteiger partial charge in [-0.1, -0.05) is 38.1 Å². The molecule has 0 fully saturated rings. The number of nitrogens with one attached hydrogen (secondary N) is 1. The Morgan fingerprint density at radius 1 is 0.800 bits per heavy atom. The van der Waals surface area contributed by atoms with E-state index in [0.717, 1.165) is 76.2 Å². The van der Waals surface area contributed by atoms with E-state index in [9.17, 15) is 0 Å². The van der Waals surface area contributed by atoms with Crippen LogP contribution in [0.4, 0.5) is 5.69 Å². The molecule has 4 aromatic rings. The zero-order valence-electron chi connectivity index (χ0n) is 21.6. The molecule has 0 aliphatic carbocycles. The number of benzene rings is 3. The Bertz CT molecular complexity index is 1270. The summed E-state index contributed by atoms with van der Waals surface area (Å²) in [6.45, 7) is 10.1. The minimum Gasteiger partial charge on any atom is -0.497 e. The smallest absolute Gasteiger partial charge is 0.119 e. The first kappa shape index (κ1) is 24.8. The highest BCUT2D eigenvalue weighted by atomic mass is 16.5. The summed E-state index contributed by atoms with van der Waals surface area (Å²) in [7, 11) is 3.40. The molecule has 1 heterocycles. The molecule has 35 heavy (non-hydrogen) atoms. The molecule has 1 aromatic heterocycles. The number of hydrogen-bond donors (Lipinski definition) is 1. The SMILES string of the molecule is CCN(CC)CCCC(C)Nc1c2ccc(-c3ccc(OC)cc3)cc2nc2ccc(OC)cc12. The van der Waals surface area contributed by atoms with Crippen molar-refractivity contribution in [2.45, 2.75) is 39.7 Å². The Morgan fingerprint density at radius 3 is 2.17 bits per heavy atom. The standard InChI is InChI=1S/C30H37N3O2/c1-6-33(7-2)18-8-9-21(3)31-30-26-16-12-23(22-10-13-24(34-4)14-11-22)19-29(26)32-28-17-15-25(35-5)20-27(28)30/h10-17,19-21H,6-9,18H2,1-5H3,(H,31,32). The average Bonchev–Trinajstić information content (AvgIpc) is 2.90. The number of methoxy groups -OCH3 is 2. The third-order valence-corrected chi connectivity index (χ3v) is 6.80. The van der Waals surface area contributed by atoms with Gasteiger partial charge in [-0.25, -0.2) is 4.98 Å². The Labute approximate surface area is 209 Å². The van der Waals surface area contributed by atoms with E-state index in [-0.39, 0.29) is 0 Å². The highest BCUT2D eigenvalue weighted by molar-refractivity contribution is 6.08. The number of aromatic nitrogens is 1. The van der Waals surface area contributed by atoms with Crippen LogP contribution in [-0.2, 0) is 0 Å². The highest BCUT2D eigenvalue weighted by Crippen LogP contribution is 2.36. The minimum absolute atomic E-state index is 0.340. The van der Waals surface area contributed by atoms with Crippen LogP contribution in [0.15, 0.2) is 60.7 Å². The van der Waals surface area contributed by atoms with Crippen molar-refractivity contribution in [1.29, 1.82) is 0 Å². The van der Waals surface area contributed by atoms with E-state index < -0.39 is 0 Å². The molecule has 1 unspecified atom stereocenters. The number of hydrogen-bond acceptors (Lipinski definition) is 5. The summed E-state index contributed by atoms with van der Waals surface area (Å²) in [6.07, 6.45) is 2.28. The van der Waals surface area contributed by atoms with Crippen LogP contribution in [-0.4, -0.2) is 49.8 Å². The summed E-state index contributed by atoms with van der Waals surface area (Å²) >= 11 is 0. The number of pyridine rings is 1. The van der Waals surface area contributed by atoms with Crippen LogP contribution in [0.2, 0.25) is 0 Å². The van der Waals surface area contributed by atoms with Gasteiger partial charge in [-0.3, -0.25) is 0 Å². The van der Waals surface area contributed by atoms with Gasteiger partial charge in [0.1, 0.15) is 11.5 Å². The molecule has 0 radical (unpaired) electrons. The molecule has 5 nitrogen and oxygen atoms in total. The van der Waals surface area contributed by atoms with Crippen LogP contribution in [0.5, 0.6) is 11.5 Å². The molecule has 0 saturated heterocycles. The lowest BCUT2D eigenvalue weighted by Crippen LogP contribution is -2.25. The van der Waals surface area contributed by atoms with Crippen molar-refractivity contribution in [1.82, 2.24) is 9.88 Å². The van der Waals surface area contributed by atoms with Crippen molar-refractivity contribution in [2.75, 3.05) is 39.2 Å². The normalized spacial score (nSPS) is 12.3. The first-order valence-corrected chi connectivity index (χ1v) is 12.6. The van der Waals surface area contributed by atoms with Crippen molar-refractivity contribution in [3.05, 3.63) is 60.7 Å². The van der Waals surface area contributed by atoms with E-state index in [1.54, 1.807) is 14.2 Å². The zero-order chi connectivity index (χ0) is 24.8. The van der Waals surface area contributed by atoms with E-state index in [0.29, 0.717) is 6.04 Å². The first-order valence-electron chi connectivity index (χ1n) is 12.6. The van der Waals surface area contributed by atoms with Crippen molar-refractivity contribution in [3.63, 3.8) is 0 Å².